The first kappa shape index (κ1) is 13.0. The van der Waals surface area contributed by atoms with E-state index in [2.05, 4.69) is 22.5 Å². The molecule has 0 aliphatic carbocycles. The van der Waals surface area contributed by atoms with Crippen LogP contribution < -0.4 is 5.73 Å². The number of rotatable bonds is 2. The molecule has 1 aromatic carbocycles. The number of nitrogens with zero attached hydrogens (tertiary/aromatic N) is 2. The molecule has 0 unspecified atom stereocenters. The van der Waals surface area contributed by atoms with Gasteiger partial charge in [-0.2, -0.15) is 0 Å². The van der Waals surface area contributed by atoms with Crippen LogP contribution in [0.4, 0.5) is 5.69 Å². The number of nitrogen functional groups attached to an aromatic ring is 1. The SMILES string of the molecule is Nc1cc(-c2ccccn2)nc2scc(-c3ccccc3)c12. The maximum absolute atomic E-state index is 6.32. The Hall–Kier alpha value is -2.72. The van der Waals surface area contributed by atoms with Gasteiger partial charge in [-0.15, -0.1) is 11.3 Å². The highest BCUT2D eigenvalue weighted by atomic mass is 32.1. The summed E-state index contributed by atoms with van der Waals surface area (Å²) in [6.45, 7) is 0. The molecule has 0 saturated carbocycles. The third-order valence-electron chi connectivity index (χ3n) is 3.59. The smallest absolute Gasteiger partial charge is 0.126 e. The van der Waals surface area contributed by atoms with Crippen LogP contribution in [0.15, 0.2) is 66.2 Å². The summed E-state index contributed by atoms with van der Waals surface area (Å²) in [5, 5.41) is 3.14. The molecule has 0 bridgehead atoms. The van der Waals surface area contributed by atoms with E-state index in [1.165, 1.54) is 0 Å². The summed E-state index contributed by atoms with van der Waals surface area (Å²) in [5.41, 5.74) is 11.0. The highest BCUT2D eigenvalue weighted by Crippen LogP contribution is 2.38. The molecule has 3 aromatic heterocycles. The molecular formula is C18H13N3S. The molecule has 0 aliphatic rings. The molecule has 22 heavy (non-hydrogen) atoms. The summed E-state index contributed by atoms with van der Waals surface area (Å²) in [5.74, 6) is 0. The zero-order valence-electron chi connectivity index (χ0n) is 11.7. The first-order chi connectivity index (χ1) is 10.8. The van der Waals surface area contributed by atoms with Crippen LogP contribution >= 0.6 is 11.3 Å². The molecule has 0 radical (unpaired) electrons. The van der Waals surface area contributed by atoms with Crippen molar-refractivity contribution in [2.45, 2.75) is 0 Å². The lowest BCUT2D eigenvalue weighted by Gasteiger charge is -2.05. The van der Waals surface area contributed by atoms with Gasteiger partial charge in [0.1, 0.15) is 4.83 Å². The third-order valence-corrected chi connectivity index (χ3v) is 4.46. The fourth-order valence-electron chi connectivity index (χ4n) is 2.55. The van der Waals surface area contributed by atoms with Crippen LogP contribution in [-0.4, -0.2) is 9.97 Å². The summed E-state index contributed by atoms with van der Waals surface area (Å²) in [6.07, 6.45) is 1.77. The molecule has 0 atom stereocenters. The van der Waals surface area contributed by atoms with Crippen molar-refractivity contribution in [3.05, 3.63) is 66.2 Å². The number of nitrogens with two attached hydrogens (primary N) is 1. The lowest BCUT2D eigenvalue weighted by Crippen LogP contribution is -1.92. The van der Waals surface area contributed by atoms with E-state index >= 15 is 0 Å². The average Bonchev–Trinajstić information content (AvgIpc) is 3.01. The fraction of sp³-hybridized carbons (Fsp3) is 0. The van der Waals surface area contributed by atoms with Crippen molar-refractivity contribution in [2.24, 2.45) is 0 Å². The summed E-state index contributed by atoms with van der Waals surface area (Å²) in [7, 11) is 0. The zero-order chi connectivity index (χ0) is 14.9. The summed E-state index contributed by atoms with van der Waals surface area (Å²) < 4.78 is 0. The van der Waals surface area contributed by atoms with E-state index in [1.807, 2.05) is 42.5 Å². The molecule has 3 nitrogen and oxygen atoms in total. The number of pyridine rings is 2. The Balaban J connectivity index is 1.92. The summed E-state index contributed by atoms with van der Waals surface area (Å²) in [4.78, 5) is 10.0. The minimum atomic E-state index is 0.741. The van der Waals surface area contributed by atoms with Crippen molar-refractivity contribution >= 4 is 27.2 Å². The van der Waals surface area contributed by atoms with Crippen LogP contribution in [0.1, 0.15) is 0 Å². The molecule has 4 aromatic rings. The van der Waals surface area contributed by atoms with Gasteiger partial charge in [0.15, 0.2) is 0 Å². The Morgan fingerprint density at radius 1 is 0.909 bits per heavy atom. The third kappa shape index (κ3) is 2.14. The highest BCUT2D eigenvalue weighted by Gasteiger charge is 2.13. The van der Waals surface area contributed by atoms with Gasteiger partial charge in [-0.3, -0.25) is 4.98 Å². The topological polar surface area (TPSA) is 51.8 Å². The molecular weight excluding hydrogens is 290 g/mol. The first-order valence-electron chi connectivity index (χ1n) is 6.97. The number of aromatic nitrogens is 2. The van der Waals surface area contributed by atoms with Crippen molar-refractivity contribution in [1.82, 2.24) is 9.97 Å². The van der Waals surface area contributed by atoms with Gasteiger partial charge in [0.25, 0.3) is 0 Å². The second kappa shape index (κ2) is 5.24. The number of fused-ring (bicyclic) bond motifs is 1. The van der Waals surface area contributed by atoms with Gasteiger partial charge in [0.05, 0.1) is 11.4 Å². The quantitative estimate of drug-likeness (QED) is 0.588. The van der Waals surface area contributed by atoms with Crippen LogP contribution in [0.2, 0.25) is 0 Å². The van der Waals surface area contributed by atoms with Gasteiger partial charge < -0.3 is 5.73 Å². The molecule has 0 spiro atoms. The lowest BCUT2D eigenvalue weighted by atomic mass is 10.0. The predicted molar refractivity (Wildman–Crippen MR) is 92.7 cm³/mol. The van der Waals surface area contributed by atoms with E-state index in [0.29, 0.717) is 0 Å². The van der Waals surface area contributed by atoms with Crippen molar-refractivity contribution in [3.63, 3.8) is 0 Å². The standard InChI is InChI=1S/C18H13N3S/c19-14-10-16(15-8-4-5-9-20-15)21-18-17(14)13(11-22-18)12-6-2-1-3-7-12/h1-11H,(H2,19,21). The van der Waals surface area contributed by atoms with Crippen molar-refractivity contribution in [3.8, 4) is 22.5 Å². The van der Waals surface area contributed by atoms with E-state index < -0.39 is 0 Å². The second-order valence-electron chi connectivity index (χ2n) is 5.01. The van der Waals surface area contributed by atoms with E-state index in [1.54, 1.807) is 17.5 Å². The van der Waals surface area contributed by atoms with Gasteiger partial charge in [-0.25, -0.2) is 4.98 Å². The minimum absolute atomic E-state index is 0.741. The molecule has 3 heterocycles. The molecule has 0 fully saturated rings. The second-order valence-corrected chi connectivity index (χ2v) is 5.87. The lowest BCUT2D eigenvalue weighted by molar-refractivity contribution is 1.28. The molecule has 4 heteroatoms. The van der Waals surface area contributed by atoms with E-state index in [4.69, 9.17) is 10.7 Å². The van der Waals surface area contributed by atoms with E-state index in [-0.39, 0.29) is 0 Å². The maximum Gasteiger partial charge on any atom is 0.126 e. The van der Waals surface area contributed by atoms with Crippen LogP contribution in [-0.2, 0) is 0 Å². The number of hydrogen-bond donors (Lipinski definition) is 1. The van der Waals surface area contributed by atoms with Gasteiger partial charge in [-0.05, 0) is 23.8 Å². The molecule has 0 saturated heterocycles. The van der Waals surface area contributed by atoms with Gasteiger partial charge in [-0.1, -0.05) is 36.4 Å². The Bertz CT molecular complexity index is 931. The average molecular weight is 303 g/mol. The zero-order valence-corrected chi connectivity index (χ0v) is 12.5. The molecule has 106 valence electrons. The molecule has 0 aliphatic heterocycles. The molecule has 0 amide bonds. The van der Waals surface area contributed by atoms with Crippen LogP contribution in [0.3, 0.4) is 0 Å². The number of anilines is 1. The van der Waals surface area contributed by atoms with Crippen LogP contribution in [0, 0.1) is 0 Å². The molecule has 4 rings (SSSR count). The summed E-state index contributed by atoms with van der Waals surface area (Å²) in [6, 6.07) is 18.0. The maximum atomic E-state index is 6.32. The Morgan fingerprint density at radius 2 is 1.73 bits per heavy atom. The largest absolute Gasteiger partial charge is 0.398 e. The first-order valence-corrected chi connectivity index (χ1v) is 7.85. The normalized spacial score (nSPS) is 10.9. The van der Waals surface area contributed by atoms with Crippen LogP contribution in [0.25, 0.3) is 32.7 Å². The highest BCUT2D eigenvalue weighted by molar-refractivity contribution is 7.17. The Labute approximate surface area is 132 Å². The Kier molecular flexibility index (Phi) is 3.09. The van der Waals surface area contributed by atoms with Crippen molar-refractivity contribution < 1.29 is 0 Å². The van der Waals surface area contributed by atoms with Crippen LogP contribution in [0.5, 0.6) is 0 Å². The van der Waals surface area contributed by atoms with Crippen molar-refractivity contribution in [2.75, 3.05) is 5.73 Å². The van der Waals surface area contributed by atoms with E-state index in [0.717, 1.165) is 38.4 Å². The monoisotopic (exact) mass is 303 g/mol. The number of thiophene rings is 1. The minimum Gasteiger partial charge on any atom is -0.398 e. The number of benzene rings is 1. The van der Waals surface area contributed by atoms with Gasteiger partial charge in [0.2, 0.25) is 0 Å². The summed E-state index contributed by atoms with van der Waals surface area (Å²) >= 11 is 1.61. The molecule has 2 N–H and O–H groups in total. The fourth-order valence-corrected chi connectivity index (χ4v) is 3.53. The number of hydrogen-bond acceptors (Lipinski definition) is 4. The van der Waals surface area contributed by atoms with Gasteiger partial charge in [0, 0.05) is 28.2 Å². The predicted octanol–water partition coefficient (Wildman–Crippen LogP) is 4.61. The Morgan fingerprint density at radius 3 is 2.50 bits per heavy atom. The van der Waals surface area contributed by atoms with E-state index in [9.17, 15) is 0 Å². The van der Waals surface area contributed by atoms with Crippen molar-refractivity contribution in [1.29, 1.82) is 0 Å². The van der Waals surface area contributed by atoms with Gasteiger partial charge >= 0.3 is 0 Å².